The number of hydrogen-bond donors (Lipinski definition) is 1. The van der Waals surface area contributed by atoms with Crippen molar-refractivity contribution in [2.45, 2.75) is 26.3 Å². The van der Waals surface area contributed by atoms with Gasteiger partial charge in [0.25, 0.3) is 12.0 Å². The first kappa shape index (κ1) is 22.3. The zero-order valence-electron chi connectivity index (χ0n) is 18.0. The predicted octanol–water partition coefficient (Wildman–Crippen LogP) is 4.74. The van der Waals surface area contributed by atoms with Crippen molar-refractivity contribution in [3.05, 3.63) is 81.8 Å². The lowest BCUT2D eigenvalue weighted by Crippen LogP contribution is -2.22. The van der Waals surface area contributed by atoms with Gasteiger partial charge < -0.3 is 10.1 Å². The highest BCUT2D eigenvalue weighted by atomic mass is 19.3. The van der Waals surface area contributed by atoms with Crippen molar-refractivity contribution >= 4 is 16.7 Å². The van der Waals surface area contributed by atoms with Crippen molar-refractivity contribution in [1.82, 2.24) is 19.5 Å². The molecule has 0 aliphatic rings. The average molecular weight is 455 g/mol. The summed E-state index contributed by atoms with van der Waals surface area (Å²) in [6, 6.07) is 6.55. The van der Waals surface area contributed by atoms with Gasteiger partial charge in [0.2, 0.25) is 0 Å². The minimum absolute atomic E-state index is 0.000584. The molecule has 0 spiro atoms. The Kier molecular flexibility index (Phi) is 5.99. The Morgan fingerprint density at radius 3 is 2.55 bits per heavy atom. The molecular formula is C23H20F3N5O2. The summed E-state index contributed by atoms with van der Waals surface area (Å²) in [4.78, 5) is 25.7. The molecule has 3 aromatic heterocycles. The number of ether oxygens (including phenoxy) is 1. The number of anilines is 1. The highest BCUT2D eigenvalue weighted by Gasteiger charge is 2.22. The summed E-state index contributed by atoms with van der Waals surface area (Å²) < 4.78 is 47.6. The Morgan fingerprint density at radius 2 is 1.88 bits per heavy atom. The molecule has 4 rings (SSSR count). The molecule has 3 heterocycles. The highest BCUT2D eigenvalue weighted by molar-refractivity contribution is 5.91. The molecule has 1 aromatic carbocycles. The lowest BCUT2D eigenvalue weighted by atomic mass is 10.0. The van der Waals surface area contributed by atoms with Crippen LogP contribution in [0.5, 0.6) is 6.01 Å². The van der Waals surface area contributed by atoms with Gasteiger partial charge in [0.05, 0.1) is 41.5 Å². The van der Waals surface area contributed by atoms with E-state index in [9.17, 15) is 18.0 Å². The third-order valence-corrected chi connectivity index (χ3v) is 5.30. The van der Waals surface area contributed by atoms with E-state index in [1.165, 1.54) is 30.0 Å². The van der Waals surface area contributed by atoms with Gasteiger partial charge in [0, 0.05) is 23.5 Å². The molecular weight excluding hydrogens is 435 g/mol. The maximum atomic E-state index is 14.7. The van der Waals surface area contributed by atoms with Crippen LogP contribution in [0.4, 0.5) is 19.0 Å². The second-order valence-corrected chi connectivity index (χ2v) is 7.38. The molecule has 0 fully saturated rings. The van der Waals surface area contributed by atoms with Gasteiger partial charge in [0.15, 0.2) is 0 Å². The summed E-state index contributed by atoms with van der Waals surface area (Å²) in [6.07, 6.45) is 1.75. The maximum absolute atomic E-state index is 14.7. The smallest absolute Gasteiger partial charge is 0.318 e. The minimum Gasteiger partial charge on any atom is -0.467 e. The first-order valence-corrected chi connectivity index (χ1v) is 10.0. The number of nitrogens with zero attached hydrogens (tertiary/aromatic N) is 4. The molecule has 1 atom stereocenters. The van der Waals surface area contributed by atoms with Gasteiger partial charge >= 0.3 is 6.01 Å². The molecule has 0 aliphatic carbocycles. The summed E-state index contributed by atoms with van der Waals surface area (Å²) in [5.41, 5.74) is 0.314. The van der Waals surface area contributed by atoms with E-state index in [0.717, 1.165) is 6.07 Å². The van der Waals surface area contributed by atoms with Crippen LogP contribution in [-0.2, 0) is 0 Å². The van der Waals surface area contributed by atoms with E-state index >= 15 is 0 Å². The Bertz CT molecular complexity index is 1380. The number of alkyl halides is 2. The number of aromatic nitrogens is 4. The fourth-order valence-electron chi connectivity index (χ4n) is 3.57. The number of benzene rings is 1. The van der Waals surface area contributed by atoms with Crippen LogP contribution in [0.15, 0.2) is 53.7 Å². The largest absolute Gasteiger partial charge is 0.467 e. The van der Waals surface area contributed by atoms with Crippen LogP contribution < -0.4 is 15.6 Å². The Labute approximate surface area is 186 Å². The fraction of sp³-hybridized carbons (Fsp3) is 0.217. The van der Waals surface area contributed by atoms with Crippen molar-refractivity contribution in [2.24, 2.45) is 0 Å². The zero-order chi connectivity index (χ0) is 23.7. The van der Waals surface area contributed by atoms with E-state index < -0.39 is 23.8 Å². The number of nitrogens with one attached hydrogen (secondary N) is 1. The molecule has 7 nitrogen and oxygen atoms in total. The van der Waals surface area contributed by atoms with Gasteiger partial charge in [-0.05, 0) is 26.0 Å². The van der Waals surface area contributed by atoms with Crippen molar-refractivity contribution < 1.29 is 17.9 Å². The molecule has 0 unspecified atom stereocenters. The molecule has 170 valence electrons. The standard InChI is InChI=1S/C23H20F3N5O2/c1-12-19-17(11-31(22(12)32)14-6-5-9-27-10-14)21(30-23(29-19)33-3)28-13(2)15-7-4-8-16(18(15)24)20(25)26/h4-11,13,20H,1-3H3,(H,28,29,30)/t13-/m1/s1. The minimum atomic E-state index is -2.94. The number of aryl methyl sites for hydroxylation is 1. The maximum Gasteiger partial charge on any atom is 0.318 e. The summed E-state index contributed by atoms with van der Waals surface area (Å²) in [7, 11) is 1.38. The summed E-state index contributed by atoms with van der Waals surface area (Å²) >= 11 is 0. The number of hydrogen-bond acceptors (Lipinski definition) is 6. The second-order valence-electron chi connectivity index (χ2n) is 7.38. The number of methoxy groups -OCH3 is 1. The van der Waals surface area contributed by atoms with Gasteiger partial charge in [-0.2, -0.15) is 9.97 Å². The molecule has 10 heteroatoms. The van der Waals surface area contributed by atoms with E-state index in [2.05, 4.69) is 20.3 Å². The number of fused-ring (bicyclic) bond motifs is 1. The second kappa shape index (κ2) is 8.89. The van der Waals surface area contributed by atoms with Crippen LogP contribution in [0.2, 0.25) is 0 Å². The van der Waals surface area contributed by atoms with Gasteiger partial charge in [-0.1, -0.05) is 18.2 Å². The van der Waals surface area contributed by atoms with Crippen molar-refractivity contribution in [3.8, 4) is 11.7 Å². The highest BCUT2D eigenvalue weighted by Crippen LogP contribution is 2.31. The molecule has 0 saturated heterocycles. The van der Waals surface area contributed by atoms with Crippen LogP contribution >= 0.6 is 0 Å². The van der Waals surface area contributed by atoms with Crippen LogP contribution in [0.1, 0.15) is 36.1 Å². The van der Waals surface area contributed by atoms with Crippen molar-refractivity contribution in [3.63, 3.8) is 0 Å². The van der Waals surface area contributed by atoms with Crippen LogP contribution in [0, 0.1) is 12.7 Å². The summed E-state index contributed by atoms with van der Waals surface area (Å²) in [6.45, 7) is 3.25. The topological polar surface area (TPSA) is 81.9 Å². The lowest BCUT2D eigenvalue weighted by molar-refractivity contribution is 0.146. The summed E-state index contributed by atoms with van der Waals surface area (Å²) in [5, 5.41) is 3.53. The molecule has 0 radical (unpaired) electrons. The van der Waals surface area contributed by atoms with Crippen LogP contribution in [-0.4, -0.2) is 26.6 Å². The quantitative estimate of drug-likeness (QED) is 0.452. The van der Waals surface area contributed by atoms with E-state index in [4.69, 9.17) is 4.74 Å². The van der Waals surface area contributed by atoms with E-state index in [0.29, 0.717) is 22.2 Å². The number of halogens is 3. The fourth-order valence-corrected chi connectivity index (χ4v) is 3.57. The molecule has 33 heavy (non-hydrogen) atoms. The van der Waals surface area contributed by atoms with Crippen LogP contribution in [0.25, 0.3) is 16.6 Å². The van der Waals surface area contributed by atoms with Crippen LogP contribution in [0.3, 0.4) is 0 Å². The molecule has 0 bridgehead atoms. The monoisotopic (exact) mass is 455 g/mol. The zero-order valence-corrected chi connectivity index (χ0v) is 18.0. The molecule has 0 amide bonds. The SMILES string of the molecule is COc1nc(N[C@H](C)c2cccc(C(F)F)c2F)c2cn(-c3cccnc3)c(=O)c(C)c2n1. The summed E-state index contributed by atoms with van der Waals surface area (Å²) in [5.74, 6) is -0.729. The third kappa shape index (κ3) is 4.11. The van der Waals surface area contributed by atoms with Gasteiger partial charge in [-0.3, -0.25) is 14.3 Å². The number of pyridine rings is 2. The average Bonchev–Trinajstić information content (AvgIpc) is 2.81. The van der Waals surface area contributed by atoms with Crippen molar-refractivity contribution in [1.29, 1.82) is 0 Å². The first-order valence-electron chi connectivity index (χ1n) is 10.0. The Hall–Kier alpha value is -3.95. The van der Waals surface area contributed by atoms with E-state index in [1.807, 2.05) is 0 Å². The van der Waals surface area contributed by atoms with Gasteiger partial charge in [0.1, 0.15) is 11.6 Å². The van der Waals surface area contributed by atoms with Gasteiger partial charge in [-0.25, -0.2) is 13.2 Å². The molecule has 0 aliphatic heterocycles. The third-order valence-electron chi connectivity index (χ3n) is 5.30. The first-order chi connectivity index (χ1) is 15.8. The molecule has 4 aromatic rings. The lowest BCUT2D eigenvalue weighted by Gasteiger charge is -2.19. The Balaban J connectivity index is 1.87. The normalized spacial score (nSPS) is 12.2. The number of rotatable bonds is 6. The molecule has 1 N–H and O–H groups in total. The molecule has 0 saturated carbocycles. The van der Waals surface area contributed by atoms with Crippen molar-refractivity contribution in [2.75, 3.05) is 12.4 Å². The Morgan fingerprint density at radius 1 is 1.12 bits per heavy atom. The van der Waals surface area contributed by atoms with E-state index in [1.54, 1.807) is 38.4 Å². The predicted molar refractivity (Wildman–Crippen MR) is 118 cm³/mol. The van der Waals surface area contributed by atoms with E-state index in [-0.39, 0.29) is 23.0 Å². The van der Waals surface area contributed by atoms with Gasteiger partial charge in [-0.15, -0.1) is 0 Å².